The number of nitrogens with zero attached hydrogens (tertiary/aromatic N) is 2. The van der Waals surface area contributed by atoms with Crippen LogP contribution >= 0.6 is 11.6 Å². The van der Waals surface area contributed by atoms with E-state index in [4.69, 9.17) is 25.5 Å². The standard InChI is InChI=1S/C23H43ClN2O6Si/c1-10-30-20(28)16-25(19(27)14-24)12-11-17-13-18(32-33(8,9)23(5,6)7)15-26(17)21(29)31-22(2,3)4/h17-18H,10-16H2,1-9H3/t17-,18-/m1/s1. The first-order valence-corrected chi connectivity index (χ1v) is 15.1. The summed E-state index contributed by atoms with van der Waals surface area (Å²) in [5.74, 6) is -1.05. The van der Waals surface area contributed by atoms with Crippen LogP contribution in [0.15, 0.2) is 0 Å². The van der Waals surface area contributed by atoms with Crippen LogP contribution in [0.5, 0.6) is 0 Å². The van der Waals surface area contributed by atoms with Gasteiger partial charge in [-0.1, -0.05) is 20.8 Å². The maximum absolute atomic E-state index is 13.0. The third kappa shape index (κ3) is 9.45. The van der Waals surface area contributed by atoms with Crippen LogP contribution < -0.4 is 0 Å². The monoisotopic (exact) mass is 506 g/mol. The Morgan fingerprint density at radius 3 is 2.21 bits per heavy atom. The van der Waals surface area contributed by atoms with Crippen molar-refractivity contribution in [2.75, 3.05) is 32.1 Å². The minimum atomic E-state index is -2.03. The first kappa shape index (κ1) is 29.7. The number of rotatable bonds is 9. The Bertz CT molecular complexity index is 689. The van der Waals surface area contributed by atoms with Gasteiger partial charge in [0.25, 0.3) is 0 Å². The van der Waals surface area contributed by atoms with Gasteiger partial charge in [-0.15, -0.1) is 11.6 Å². The van der Waals surface area contributed by atoms with Gasteiger partial charge in [-0.05, 0) is 58.7 Å². The van der Waals surface area contributed by atoms with E-state index in [2.05, 4.69) is 33.9 Å². The van der Waals surface area contributed by atoms with Gasteiger partial charge in [0.15, 0.2) is 8.32 Å². The minimum Gasteiger partial charge on any atom is -0.465 e. The summed E-state index contributed by atoms with van der Waals surface area (Å²) >= 11 is 5.75. The summed E-state index contributed by atoms with van der Waals surface area (Å²) < 4.78 is 17.2. The molecule has 192 valence electrons. The molecule has 8 nitrogen and oxygen atoms in total. The number of halogens is 1. The average Bonchev–Trinajstić information content (AvgIpc) is 3.04. The zero-order valence-electron chi connectivity index (χ0n) is 21.8. The lowest BCUT2D eigenvalue weighted by Gasteiger charge is -2.38. The van der Waals surface area contributed by atoms with Crippen LogP contribution in [0.2, 0.25) is 18.1 Å². The molecule has 0 bridgehead atoms. The number of esters is 1. The molecule has 0 aliphatic carbocycles. The highest BCUT2D eigenvalue weighted by atomic mass is 35.5. The Morgan fingerprint density at radius 2 is 1.73 bits per heavy atom. The zero-order valence-corrected chi connectivity index (χ0v) is 23.6. The fraction of sp³-hybridized carbons (Fsp3) is 0.870. The van der Waals surface area contributed by atoms with Crippen molar-refractivity contribution >= 4 is 37.9 Å². The van der Waals surface area contributed by atoms with Gasteiger partial charge in [-0.2, -0.15) is 0 Å². The number of ether oxygens (including phenoxy) is 2. The van der Waals surface area contributed by atoms with Gasteiger partial charge < -0.3 is 23.7 Å². The molecule has 0 radical (unpaired) electrons. The highest BCUT2D eigenvalue weighted by Crippen LogP contribution is 2.39. The van der Waals surface area contributed by atoms with Gasteiger partial charge in [0.1, 0.15) is 18.0 Å². The summed E-state index contributed by atoms with van der Waals surface area (Å²) in [5, 5.41) is 0.0467. The minimum absolute atomic E-state index is 0.0467. The maximum atomic E-state index is 13.0. The molecule has 2 atom stereocenters. The zero-order chi connectivity index (χ0) is 25.6. The highest BCUT2D eigenvalue weighted by Gasteiger charge is 2.44. The van der Waals surface area contributed by atoms with Gasteiger partial charge in [-0.25, -0.2) is 4.79 Å². The predicted molar refractivity (Wildman–Crippen MR) is 132 cm³/mol. The van der Waals surface area contributed by atoms with Crippen molar-refractivity contribution in [2.24, 2.45) is 0 Å². The number of alkyl halides is 1. The van der Waals surface area contributed by atoms with Crippen molar-refractivity contribution < 1.29 is 28.3 Å². The first-order chi connectivity index (χ1) is 15.0. The topological polar surface area (TPSA) is 85.4 Å². The molecule has 0 unspecified atom stereocenters. The number of carbonyl (C=O) groups excluding carboxylic acids is 3. The molecular weight excluding hydrogens is 464 g/mol. The maximum Gasteiger partial charge on any atom is 0.410 e. The Kier molecular flexibility index (Phi) is 10.7. The van der Waals surface area contributed by atoms with E-state index in [0.717, 1.165) is 0 Å². The van der Waals surface area contributed by atoms with E-state index in [0.29, 0.717) is 19.4 Å². The van der Waals surface area contributed by atoms with E-state index in [9.17, 15) is 14.4 Å². The van der Waals surface area contributed by atoms with Crippen molar-refractivity contribution in [3.05, 3.63) is 0 Å². The lowest BCUT2D eigenvalue weighted by atomic mass is 10.1. The van der Waals surface area contributed by atoms with Crippen LogP contribution in [-0.2, 0) is 23.5 Å². The fourth-order valence-electron chi connectivity index (χ4n) is 3.41. The van der Waals surface area contributed by atoms with Gasteiger partial charge in [-0.3, -0.25) is 9.59 Å². The SMILES string of the molecule is CCOC(=O)CN(CC[C@@H]1C[C@@H](O[Si](C)(C)C(C)(C)C)CN1C(=O)OC(C)(C)C)C(=O)CCl. The van der Waals surface area contributed by atoms with Gasteiger partial charge in [0, 0.05) is 19.1 Å². The van der Waals surface area contributed by atoms with Gasteiger partial charge >= 0.3 is 12.1 Å². The molecule has 1 aliphatic rings. The largest absolute Gasteiger partial charge is 0.465 e. The van der Waals surface area contributed by atoms with Crippen LogP contribution in [0.4, 0.5) is 4.79 Å². The van der Waals surface area contributed by atoms with Gasteiger partial charge in [0.2, 0.25) is 5.91 Å². The van der Waals surface area contributed by atoms with E-state index in [-0.39, 0.29) is 48.7 Å². The molecular formula is C23H43ClN2O6Si. The normalized spacial score (nSPS) is 19.4. The van der Waals surface area contributed by atoms with E-state index >= 15 is 0 Å². The predicted octanol–water partition coefficient (Wildman–Crippen LogP) is 4.41. The smallest absolute Gasteiger partial charge is 0.410 e. The summed E-state index contributed by atoms with van der Waals surface area (Å²) in [6.45, 7) is 18.9. The Labute approximate surface area is 205 Å². The molecule has 0 aromatic rings. The van der Waals surface area contributed by atoms with E-state index in [1.807, 2.05) is 20.8 Å². The molecule has 0 N–H and O–H groups in total. The Morgan fingerprint density at radius 1 is 1.12 bits per heavy atom. The van der Waals surface area contributed by atoms with Crippen molar-refractivity contribution in [1.82, 2.24) is 9.80 Å². The lowest BCUT2D eigenvalue weighted by molar-refractivity contribution is -0.148. The molecule has 33 heavy (non-hydrogen) atoms. The average molecular weight is 507 g/mol. The quantitative estimate of drug-likeness (QED) is 0.261. The van der Waals surface area contributed by atoms with Crippen molar-refractivity contribution in [3.8, 4) is 0 Å². The number of amides is 2. The molecule has 0 spiro atoms. The highest BCUT2D eigenvalue weighted by molar-refractivity contribution is 6.74. The fourth-order valence-corrected chi connectivity index (χ4v) is 4.94. The summed E-state index contributed by atoms with van der Waals surface area (Å²) in [7, 11) is -2.03. The Hall–Kier alpha value is -1.32. The molecule has 1 aliphatic heterocycles. The Balaban J connectivity index is 2.99. The number of carbonyl (C=O) groups is 3. The molecule has 2 amide bonds. The first-order valence-electron chi connectivity index (χ1n) is 11.7. The second-order valence-corrected chi connectivity index (χ2v) is 16.1. The van der Waals surface area contributed by atoms with Crippen LogP contribution in [-0.4, -0.2) is 86.0 Å². The van der Waals surface area contributed by atoms with Crippen LogP contribution in [0.3, 0.4) is 0 Å². The molecule has 1 rings (SSSR count). The number of likely N-dealkylation sites (tertiary alicyclic amines) is 1. The summed E-state index contributed by atoms with van der Waals surface area (Å²) in [4.78, 5) is 40.3. The summed E-state index contributed by atoms with van der Waals surface area (Å²) in [6.07, 6.45) is 0.632. The van der Waals surface area contributed by atoms with Crippen LogP contribution in [0.25, 0.3) is 0 Å². The van der Waals surface area contributed by atoms with Crippen LogP contribution in [0, 0.1) is 0 Å². The van der Waals surface area contributed by atoms with Gasteiger partial charge in [0.05, 0.1) is 12.7 Å². The lowest BCUT2D eigenvalue weighted by Crippen LogP contribution is -2.45. The van der Waals surface area contributed by atoms with Crippen molar-refractivity contribution in [1.29, 1.82) is 0 Å². The third-order valence-electron chi connectivity index (χ3n) is 6.10. The van der Waals surface area contributed by atoms with E-state index < -0.39 is 26.0 Å². The molecule has 10 heteroatoms. The number of hydrogen-bond acceptors (Lipinski definition) is 6. The summed E-state index contributed by atoms with van der Waals surface area (Å²) in [6, 6.07) is -0.178. The molecule has 0 saturated carbocycles. The van der Waals surface area contributed by atoms with E-state index in [1.54, 1.807) is 11.8 Å². The van der Waals surface area contributed by atoms with Crippen molar-refractivity contribution in [3.63, 3.8) is 0 Å². The van der Waals surface area contributed by atoms with Crippen molar-refractivity contribution in [2.45, 2.75) is 97.2 Å². The number of hydrogen-bond donors (Lipinski definition) is 0. The summed E-state index contributed by atoms with van der Waals surface area (Å²) in [5.41, 5.74) is -0.620. The molecule has 1 fully saturated rings. The molecule has 0 aromatic carbocycles. The molecule has 0 aromatic heterocycles. The third-order valence-corrected chi connectivity index (χ3v) is 10.9. The second-order valence-electron chi connectivity index (χ2n) is 11.1. The van der Waals surface area contributed by atoms with Crippen LogP contribution in [0.1, 0.15) is 61.3 Å². The second kappa shape index (κ2) is 11.9. The molecule has 1 saturated heterocycles. The molecule has 1 heterocycles. The van der Waals surface area contributed by atoms with E-state index in [1.165, 1.54) is 4.90 Å².